The lowest BCUT2D eigenvalue weighted by Gasteiger charge is -2.36. The van der Waals surface area contributed by atoms with E-state index in [2.05, 4.69) is 49.5 Å². The van der Waals surface area contributed by atoms with Crippen LogP contribution in [0.25, 0.3) is 11.4 Å². The highest BCUT2D eigenvalue weighted by atomic mass is 16.5. The first-order valence-electron chi connectivity index (χ1n) is 11.5. The van der Waals surface area contributed by atoms with Gasteiger partial charge in [-0.1, -0.05) is 23.4 Å². The van der Waals surface area contributed by atoms with E-state index in [4.69, 9.17) is 14.0 Å². The van der Waals surface area contributed by atoms with Gasteiger partial charge in [0.1, 0.15) is 0 Å². The fourth-order valence-corrected chi connectivity index (χ4v) is 3.98. The molecule has 34 heavy (non-hydrogen) atoms. The minimum absolute atomic E-state index is 0.0196. The molecule has 9 heteroatoms. The molecule has 2 heterocycles. The van der Waals surface area contributed by atoms with Gasteiger partial charge in [0.05, 0.1) is 14.2 Å². The highest BCUT2D eigenvalue weighted by Gasteiger charge is 2.17. The summed E-state index contributed by atoms with van der Waals surface area (Å²) in [5.41, 5.74) is 2.02. The number of nitrogens with one attached hydrogen (secondary N) is 1. The molecule has 1 saturated heterocycles. The minimum Gasteiger partial charge on any atom is -0.493 e. The summed E-state index contributed by atoms with van der Waals surface area (Å²) in [6.45, 7) is 5.45. The van der Waals surface area contributed by atoms with E-state index >= 15 is 0 Å². The second-order valence-electron chi connectivity index (χ2n) is 8.10. The number of piperazine rings is 1. The normalized spacial score (nSPS) is 14.1. The zero-order valence-electron chi connectivity index (χ0n) is 19.7. The van der Waals surface area contributed by atoms with Gasteiger partial charge in [-0.15, -0.1) is 0 Å². The number of ether oxygens (including phenoxy) is 2. The van der Waals surface area contributed by atoms with Crippen molar-refractivity contribution in [2.45, 2.75) is 12.8 Å². The summed E-state index contributed by atoms with van der Waals surface area (Å²) >= 11 is 0. The van der Waals surface area contributed by atoms with Gasteiger partial charge < -0.3 is 24.2 Å². The van der Waals surface area contributed by atoms with Crippen LogP contribution in [0.4, 0.5) is 5.69 Å². The van der Waals surface area contributed by atoms with E-state index in [1.807, 2.05) is 12.1 Å². The van der Waals surface area contributed by atoms with Crippen molar-refractivity contribution >= 4 is 11.6 Å². The van der Waals surface area contributed by atoms with Crippen molar-refractivity contribution in [3.8, 4) is 22.9 Å². The molecule has 180 valence electrons. The lowest BCUT2D eigenvalue weighted by atomic mass is 10.2. The SMILES string of the molecule is COc1ccc(-c2noc(CCC(=O)NCCN3CCN(c4ccccc4)CC3)n2)cc1OC. The number of rotatable bonds is 10. The van der Waals surface area contributed by atoms with Gasteiger partial charge in [-0.05, 0) is 30.3 Å². The first-order chi connectivity index (χ1) is 16.7. The molecule has 1 amide bonds. The van der Waals surface area contributed by atoms with Crippen LogP contribution in [0, 0.1) is 0 Å². The quantitative estimate of drug-likeness (QED) is 0.489. The third-order valence-electron chi connectivity index (χ3n) is 5.92. The second-order valence-corrected chi connectivity index (χ2v) is 8.10. The third-order valence-corrected chi connectivity index (χ3v) is 5.92. The average Bonchev–Trinajstić information content (AvgIpc) is 3.37. The van der Waals surface area contributed by atoms with Crippen molar-refractivity contribution in [3.05, 3.63) is 54.4 Å². The predicted molar refractivity (Wildman–Crippen MR) is 129 cm³/mol. The number of anilines is 1. The predicted octanol–water partition coefficient (Wildman–Crippen LogP) is 2.62. The summed E-state index contributed by atoms with van der Waals surface area (Å²) < 4.78 is 15.9. The molecule has 0 radical (unpaired) electrons. The Kier molecular flexibility index (Phi) is 7.98. The van der Waals surface area contributed by atoms with Gasteiger partial charge >= 0.3 is 0 Å². The molecule has 0 spiro atoms. The van der Waals surface area contributed by atoms with Gasteiger partial charge in [0.2, 0.25) is 17.6 Å². The van der Waals surface area contributed by atoms with E-state index < -0.39 is 0 Å². The van der Waals surface area contributed by atoms with Gasteiger partial charge in [-0.3, -0.25) is 9.69 Å². The summed E-state index contributed by atoms with van der Waals surface area (Å²) in [5, 5.41) is 7.02. The number of methoxy groups -OCH3 is 2. The van der Waals surface area contributed by atoms with E-state index in [0.717, 1.165) is 38.3 Å². The lowest BCUT2D eigenvalue weighted by molar-refractivity contribution is -0.121. The van der Waals surface area contributed by atoms with Gasteiger partial charge in [-0.2, -0.15) is 4.98 Å². The number of carbonyl (C=O) groups excluding carboxylic acids is 1. The van der Waals surface area contributed by atoms with Crippen molar-refractivity contribution in [2.24, 2.45) is 0 Å². The molecule has 1 fully saturated rings. The van der Waals surface area contributed by atoms with Gasteiger partial charge in [0.25, 0.3) is 0 Å². The molecule has 0 bridgehead atoms. The van der Waals surface area contributed by atoms with Crippen molar-refractivity contribution in [2.75, 3.05) is 58.4 Å². The topological polar surface area (TPSA) is 93.0 Å². The van der Waals surface area contributed by atoms with E-state index in [-0.39, 0.29) is 5.91 Å². The first kappa shape index (κ1) is 23.6. The van der Waals surface area contributed by atoms with Crippen LogP contribution in [0.5, 0.6) is 11.5 Å². The van der Waals surface area contributed by atoms with Gasteiger partial charge in [0, 0.05) is 63.4 Å². The molecular formula is C25H31N5O4. The molecule has 4 rings (SSSR count). The summed E-state index contributed by atoms with van der Waals surface area (Å²) in [5.74, 6) is 2.08. The molecule has 1 aliphatic heterocycles. The summed E-state index contributed by atoms with van der Waals surface area (Å²) in [6, 6.07) is 15.9. The van der Waals surface area contributed by atoms with Crippen LogP contribution in [0.3, 0.4) is 0 Å². The Morgan fingerprint density at radius 3 is 2.53 bits per heavy atom. The number of aromatic nitrogens is 2. The Labute approximate surface area is 199 Å². The fraction of sp³-hybridized carbons (Fsp3) is 0.400. The Balaban J connectivity index is 1.17. The van der Waals surface area contributed by atoms with Crippen molar-refractivity contribution in [1.82, 2.24) is 20.4 Å². The molecule has 1 aliphatic rings. The average molecular weight is 466 g/mol. The number of hydrogen-bond donors (Lipinski definition) is 1. The Bertz CT molecular complexity index is 1060. The van der Waals surface area contributed by atoms with E-state index in [1.165, 1.54) is 5.69 Å². The van der Waals surface area contributed by atoms with Gasteiger partial charge in [0.15, 0.2) is 11.5 Å². The standard InChI is InChI=1S/C25H31N5O4/c1-32-21-9-8-19(18-22(21)33-2)25-27-24(34-28-25)11-10-23(31)26-12-13-29-14-16-30(17-15-29)20-6-4-3-5-7-20/h3-9,18H,10-17H2,1-2H3,(H,26,31). The van der Waals surface area contributed by atoms with Crippen LogP contribution in [0.15, 0.2) is 53.1 Å². The van der Waals surface area contributed by atoms with Crippen LogP contribution < -0.4 is 19.7 Å². The molecule has 1 aromatic heterocycles. The van der Waals surface area contributed by atoms with Crippen molar-refractivity contribution in [3.63, 3.8) is 0 Å². The number of nitrogens with zero attached hydrogens (tertiary/aromatic N) is 4. The molecule has 0 saturated carbocycles. The number of amides is 1. The highest BCUT2D eigenvalue weighted by Crippen LogP contribution is 2.31. The van der Waals surface area contributed by atoms with Gasteiger partial charge in [-0.25, -0.2) is 0 Å². The Hall–Kier alpha value is -3.59. The third kappa shape index (κ3) is 6.05. The smallest absolute Gasteiger partial charge is 0.227 e. The summed E-state index contributed by atoms with van der Waals surface area (Å²) in [7, 11) is 3.16. The highest BCUT2D eigenvalue weighted by molar-refractivity contribution is 5.76. The lowest BCUT2D eigenvalue weighted by Crippen LogP contribution is -2.48. The minimum atomic E-state index is -0.0196. The van der Waals surface area contributed by atoms with E-state index in [9.17, 15) is 4.79 Å². The Morgan fingerprint density at radius 1 is 1.03 bits per heavy atom. The molecule has 3 aromatic rings. The Morgan fingerprint density at radius 2 is 1.79 bits per heavy atom. The van der Waals surface area contributed by atoms with Crippen LogP contribution in [-0.4, -0.2) is 74.4 Å². The number of aryl methyl sites for hydroxylation is 1. The maximum absolute atomic E-state index is 12.3. The monoisotopic (exact) mass is 465 g/mol. The molecule has 2 aromatic carbocycles. The molecule has 0 atom stereocenters. The summed E-state index contributed by atoms with van der Waals surface area (Å²) in [6.07, 6.45) is 0.692. The van der Waals surface area contributed by atoms with Crippen molar-refractivity contribution in [1.29, 1.82) is 0 Å². The molecule has 0 unspecified atom stereocenters. The maximum atomic E-state index is 12.3. The zero-order chi connectivity index (χ0) is 23.8. The molecule has 1 N–H and O–H groups in total. The van der Waals surface area contributed by atoms with E-state index in [0.29, 0.717) is 42.6 Å². The largest absolute Gasteiger partial charge is 0.493 e. The van der Waals surface area contributed by atoms with Crippen LogP contribution in [0.1, 0.15) is 12.3 Å². The van der Waals surface area contributed by atoms with Crippen molar-refractivity contribution < 1.29 is 18.8 Å². The first-order valence-corrected chi connectivity index (χ1v) is 11.5. The summed E-state index contributed by atoms with van der Waals surface area (Å²) in [4.78, 5) is 21.5. The number of benzene rings is 2. The second kappa shape index (κ2) is 11.5. The number of hydrogen-bond acceptors (Lipinski definition) is 8. The molecule has 9 nitrogen and oxygen atoms in total. The van der Waals surface area contributed by atoms with Crippen LogP contribution >= 0.6 is 0 Å². The number of para-hydroxylation sites is 1. The molecular weight excluding hydrogens is 434 g/mol. The zero-order valence-corrected chi connectivity index (χ0v) is 19.7. The maximum Gasteiger partial charge on any atom is 0.227 e. The van der Waals surface area contributed by atoms with E-state index in [1.54, 1.807) is 26.4 Å². The van der Waals surface area contributed by atoms with Crippen LogP contribution in [0.2, 0.25) is 0 Å². The molecule has 0 aliphatic carbocycles. The fourth-order valence-electron chi connectivity index (χ4n) is 3.98. The van der Waals surface area contributed by atoms with Crippen LogP contribution in [-0.2, 0) is 11.2 Å². The number of carbonyl (C=O) groups is 1.